The highest BCUT2D eigenvalue weighted by molar-refractivity contribution is 6.30. The number of hydrogen-bond acceptors (Lipinski definition) is 2. The molecule has 1 aromatic carbocycles. The molecule has 0 aliphatic heterocycles. The van der Waals surface area contributed by atoms with Gasteiger partial charge in [-0.1, -0.05) is 37.6 Å². The molecule has 4 nitrogen and oxygen atoms in total. The summed E-state index contributed by atoms with van der Waals surface area (Å²) in [6.45, 7) is 7.10. The SMILES string of the molecule is CC(=O)N[C@@H](C(=O)N[C@H](C)c1ccc(Cl)cc1)C(C)C. The molecule has 0 spiro atoms. The molecule has 110 valence electrons. The van der Waals surface area contributed by atoms with Crippen LogP contribution in [-0.2, 0) is 9.59 Å². The van der Waals surface area contributed by atoms with E-state index in [0.29, 0.717) is 5.02 Å². The van der Waals surface area contributed by atoms with Gasteiger partial charge in [0.25, 0.3) is 0 Å². The van der Waals surface area contributed by atoms with Crippen LogP contribution in [0.3, 0.4) is 0 Å². The molecule has 0 aromatic heterocycles. The highest BCUT2D eigenvalue weighted by Gasteiger charge is 2.24. The van der Waals surface area contributed by atoms with E-state index in [4.69, 9.17) is 11.6 Å². The zero-order valence-corrected chi connectivity index (χ0v) is 13.0. The standard InChI is InChI=1S/C15H21ClN2O2/c1-9(2)14(18-11(4)19)15(20)17-10(3)12-5-7-13(16)8-6-12/h5-10,14H,1-4H3,(H,17,20)(H,18,19)/t10-,14-/m1/s1. The molecule has 0 aliphatic carbocycles. The summed E-state index contributed by atoms with van der Waals surface area (Å²) in [4.78, 5) is 23.4. The number of rotatable bonds is 5. The van der Waals surface area contributed by atoms with E-state index >= 15 is 0 Å². The minimum atomic E-state index is -0.526. The second kappa shape index (κ2) is 7.29. The number of benzene rings is 1. The van der Waals surface area contributed by atoms with Crippen LogP contribution in [-0.4, -0.2) is 17.9 Å². The van der Waals surface area contributed by atoms with E-state index < -0.39 is 6.04 Å². The average molecular weight is 297 g/mol. The molecule has 0 radical (unpaired) electrons. The first-order valence-corrected chi connectivity index (χ1v) is 7.02. The van der Waals surface area contributed by atoms with Gasteiger partial charge in [0.1, 0.15) is 6.04 Å². The van der Waals surface area contributed by atoms with Gasteiger partial charge in [0.15, 0.2) is 0 Å². The van der Waals surface area contributed by atoms with Gasteiger partial charge in [-0.05, 0) is 30.5 Å². The number of amides is 2. The molecule has 2 amide bonds. The van der Waals surface area contributed by atoms with E-state index in [1.807, 2.05) is 32.9 Å². The second-order valence-electron chi connectivity index (χ2n) is 5.20. The summed E-state index contributed by atoms with van der Waals surface area (Å²) in [6.07, 6.45) is 0. The van der Waals surface area contributed by atoms with Crippen molar-refractivity contribution in [3.8, 4) is 0 Å². The van der Waals surface area contributed by atoms with Crippen LogP contribution < -0.4 is 10.6 Å². The molecular weight excluding hydrogens is 276 g/mol. The van der Waals surface area contributed by atoms with Gasteiger partial charge in [0.05, 0.1) is 6.04 Å². The summed E-state index contributed by atoms with van der Waals surface area (Å²) in [6, 6.07) is 6.64. The van der Waals surface area contributed by atoms with Gasteiger partial charge in [-0.2, -0.15) is 0 Å². The Bertz CT molecular complexity index is 471. The maximum Gasteiger partial charge on any atom is 0.243 e. The minimum Gasteiger partial charge on any atom is -0.348 e. The summed E-state index contributed by atoms with van der Waals surface area (Å²) in [5, 5.41) is 6.24. The van der Waals surface area contributed by atoms with E-state index in [1.165, 1.54) is 6.92 Å². The Morgan fingerprint density at radius 2 is 1.60 bits per heavy atom. The van der Waals surface area contributed by atoms with E-state index in [2.05, 4.69) is 10.6 Å². The van der Waals surface area contributed by atoms with Crippen molar-refractivity contribution in [1.82, 2.24) is 10.6 Å². The van der Waals surface area contributed by atoms with E-state index in [0.717, 1.165) is 5.56 Å². The zero-order chi connectivity index (χ0) is 15.3. The summed E-state index contributed by atoms with van der Waals surface area (Å²) in [7, 11) is 0. The molecule has 2 atom stereocenters. The first-order chi connectivity index (χ1) is 9.31. The monoisotopic (exact) mass is 296 g/mol. The Kier molecular flexibility index (Phi) is 6.02. The first-order valence-electron chi connectivity index (χ1n) is 6.64. The molecule has 1 aromatic rings. The lowest BCUT2D eigenvalue weighted by atomic mass is 10.0. The number of carbonyl (C=O) groups is 2. The maximum absolute atomic E-state index is 12.2. The molecule has 1 rings (SSSR count). The third-order valence-corrected chi connectivity index (χ3v) is 3.29. The van der Waals surface area contributed by atoms with E-state index in [-0.39, 0.29) is 23.8 Å². The molecule has 0 bridgehead atoms. The van der Waals surface area contributed by atoms with Gasteiger partial charge >= 0.3 is 0 Å². The van der Waals surface area contributed by atoms with Gasteiger partial charge in [-0.3, -0.25) is 9.59 Å². The van der Waals surface area contributed by atoms with E-state index in [1.54, 1.807) is 12.1 Å². The number of hydrogen-bond donors (Lipinski definition) is 2. The average Bonchev–Trinajstić information content (AvgIpc) is 2.35. The van der Waals surface area contributed by atoms with Crippen molar-refractivity contribution >= 4 is 23.4 Å². The Morgan fingerprint density at radius 1 is 1.05 bits per heavy atom. The number of halogens is 1. The molecule has 0 saturated heterocycles. The third kappa shape index (κ3) is 4.85. The zero-order valence-electron chi connectivity index (χ0n) is 12.2. The van der Waals surface area contributed by atoms with Gasteiger partial charge in [-0.25, -0.2) is 0 Å². The fraction of sp³-hybridized carbons (Fsp3) is 0.467. The minimum absolute atomic E-state index is 0.0244. The molecule has 0 aliphatic rings. The molecular formula is C15H21ClN2O2. The fourth-order valence-corrected chi connectivity index (χ4v) is 2.02. The Labute approximate surface area is 124 Å². The van der Waals surface area contributed by atoms with Crippen LogP contribution in [0.25, 0.3) is 0 Å². The van der Waals surface area contributed by atoms with Crippen LogP contribution in [0.2, 0.25) is 5.02 Å². The normalized spacial score (nSPS) is 13.7. The van der Waals surface area contributed by atoms with Crippen molar-refractivity contribution in [3.63, 3.8) is 0 Å². The van der Waals surface area contributed by atoms with Crippen LogP contribution in [0.4, 0.5) is 0 Å². The molecule has 5 heteroatoms. The van der Waals surface area contributed by atoms with Crippen molar-refractivity contribution in [2.24, 2.45) is 5.92 Å². The van der Waals surface area contributed by atoms with Gasteiger partial charge in [0.2, 0.25) is 11.8 Å². The Hall–Kier alpha value is -1.55. The van der Waals surface area contributed by atoms with Gasteiger partial charge in [0, 0.05) is 11.9 Å². The fourth-order valence-electron chi connectivity index (χ4n) is 1.89. The Balaban J connectivity index is 2.72. The van der Waals surface area contributed by atoms with Gasteiger partial charge in [-0.15, -0.1) is 0 Å². The molecule has 0 fully saturated rings. The van der Waals surface area contributed by atoms with E-state index in [9.17, 15) is 9.59 Å². The largest absolute Gasteiger partial charge is 0.348 e. The van der Waals surface area contributed by atoms with Crippen LogP contribution in [0, 0.1) is 5.92 Å². The molecule has 20 heavy (non-hydrogen) atoms. The van der Waals surface area contributed by atoms with Gasteiger partial charge < -0.3 is 10.6 Å². The molecule has 0 unspecified atom stereocenters. The van der Waals surface area contributed by atoms with Crippen LogP contribution >= 0.6 is 11.6 Å². The maximum atomic E-state index is 12.2. The number of nitrogens with one attached hydrogen (secondary N) is 2. The van der Waals surface area contributed by atoms with Crippen LogP contribution in [0.1, 0.15) is 39.3 Å². The lowest BCUT2D eigenvalue weighted by molar-refractivity contribution is -0.129. The predicted octanol–water partition coefficient (Wildman–Crippen LogP) is 2.68. The van der Waals surface area contributed by atoms with Crippen molar-refractivity contribution in [2.45, 2.75) is 39.8 Å². The topological polar surface area (TPSA) is 58.2 Å². The predicted molar refractivity (Wildman–Crippen MR) is 80.5 cm³/mol. The third-order valence-electron chi connectivity index (χ3n) is 3.04. The summed E-state index contributed by atoms with van der Waals surface area (Å²) in [5.74, 6) is -0.369. The Morgan fingerprint density at radius 3 is 2.05 bits per heavy atom. The molecule has 0 saturated carbocycles. The number of carbonyl (C=O) groups excluding carboxylic acids is 2. The van der Waals surface area contributed by atoms with Crippen molar-refractivity contribution < 1.29 is 9.59 Å². The first kappa shape index (κ1) is 16.5. The smallest absolute Gasteiger partial charge is 0.243 e. The van der Waals surface area contributed by atoms with Crippen molar-refractivity contribution in [3.05, 3.63) is 34.9 Å². The molecule has 0 heterocycles. The van der Waals surface area contributed by atoms with Crippen LogP contribution in [0.5, 0.6) is 0 Å². The quantitative estimate of drug-likeness (QED) is 0.877. The van der Waals surface area contributed by atoms with Crippen molar-refractivity contribution in [2.75, 3.05) is 0 Å². The lowest BCUT2D eigenvalue weighted by Crippen LogP contribution is -2.49. The van der Waals surface area contributed by atoms with Crippen molar-refractivity contribution in [1.29, 1.82) is 0 Å². The lowest BCUT2D eigenvalue weighted by Gasteiger charge is -2.23. The molecule has 2 N–H and O–H groups in total. The highest BCUT2D eigenvalue weighted by Crippen LogP contribution is 2.16. The van der Waals surface area contributed by atoms with Crippen LogP contribution in [0.15, 0.2) is 24.3 Å². The second-order valence-corrected chi connectivity index (χ2v) is 5.64. The summed E-state index contributed by atoms with van der Waals surface area (Å²) >= 11 is 5.84. The summed E-state index contributed by atoms with van der Waals surface area (Å²) < 4.78 is 0. The highest BCUT2D eigenvalue weighted by atomic mass is 35.5. The summed E-state index contributed by atoms with van der Waals surface area (Å²) in [5.41, 5.74) is 0.966.